The van der Waals surface area contributed by atoms with Gasteiger partial charge in [0.15, 0.2) is 9.84 Å². The SMILES string of the molecule is [C-]#[N+]c1cc(-n2cc(S(C)(=O)=O)c3c2CCC(F)(F)[C@H]3O)ccc1F. The summed E-state index contributed by atoms with van der Waals surface area (Å²) in [5.41, 5.74) is -0.146. The molecule has 0 radical (unpaired) electrons. The summed E-state index contributed by atoms with van der Waals surface area (Å²) in [6.07, 6.45) is -1.07. The number of sulfone groups is 1. The van der Waals surface area contributed by atoms with Gasteiger partial charge in [0.1, 0.15) is 11.9 Å². The standard InChI is InChI=1S/C16H13F3N2O3S/c1-20-11-7-9(3-4-10(11)17)21-8-13(25(2,23)24)14-12(21)5-6-16(18,19)15(14)22/h3-4,7-8,15,22H,5-6H2,2H3/t15-/m0/s1. The first-order chi connectivity index (χ1) is 11.6. The third-order valence-electron chi connectivity index (χ3n) is 4.21. The molecule has 1 atom stereocenters. The van der Waals surface area contributed by atoms with E-state index in [0.717, 1.165) is 18.5 Å². The summed E-state index contributed by atoms with van der Waals surface area (Å²) >= 11 is 0. The van der Waals surface area contributed by atoms with Gasteiger partial charge in [-0.15, -0.1) is 0 Å². The van der Waals surface area contributed by atoms with Crippen molar-refractivity contribution in [3.05, 3.63) is 52.9 Å². The van der Waals surface area contributed by atoms with Crippen LogP contribution in [0.2, 0.25) is 0 Å². The fraction of sp³-hybridized carbons (Fsp3) is 0.312. The zero-order valence-electron chi connectivity index (χ0n) is 13.0. The summed E-state index contributed by atoms with van der Waals surface area (Å²) in [5.74, 6) is -4.18. The van der Waals surface area contributed by atoms with E-state index in [-0.39, 0.29) is 29.1 Å². The summed E-state index contributed by atoms with van der Waals surface area (Å²) in [5, 5.41) is 10.0. The number of fused-ring (bicyclic) bond motifs is 1. The maximum absolute atomic E-state index is 13.9. The predicted octanol–water partition coefficient (Wildman–Crippen LogP) is 3.19. The molecule has 132 valence electrons. The Morgan fingerprint density at radius 3 is 2.68 bits per heavy atom. The van der Waals surface area contributed by atoms with Gasteiger partial charge in [-0.2, -0.15) is 0 Å². The molecule has 9 heteroatoms. The average molecular weight is 370 g/mol. The number of aliphatic hydroxyl groups excluding tert-OH is 1. The second-order valence-corrected chi connectivity index (χ2v) is 7.89. The van der Waals surface area contributed by atoms with Gasteiger partial charge in [-0.05, 0) is 24.6 Å². The Balaban J connectivity index is 2.30. The van der Waals surface area contributed by atoms with Gasteiger partial charge < -0.3 is 9.67 Å². The van der Waals surface area contributed by atoms with Crippen molar-refractivity contribution >= 4 is 15.5 Å². The van der Waals surface area contributed by atoms with Crippen LogP contribution in [-0.4, -0.2) is 30.3 Å². The summed E-state index contributed by atoms with van der Waals surface area (Å²) < 4.78 is 66.6. The largest absolute Gasteiger partial charge is 0.382 e. The van der Waals surface area contributed by atoms with Crippen LogP contribution < -0.4 is 0 Å². The number of rotatable bonds is 2. The molecule has 3 rings (SSSR count). The molecule has 1 aromatic carbocycles. The number of nitrogens with zero attached hydrogens (tertiary/aromatic N) is 2. The summed E-state index contributed by atoms with van der Waals surface area (Å²) in [7, 11) is -3.89. The van der Waals surface area contributed by atoms with Gasteiger partial charge in [0.2, 0.25) is 5.69 Å². The quantitative estimate of drug-likeness (QED) is 0.826. The zero-order valence-corrected chi connectivity index (χ0v) is 13.8. The highest BCUT2D eigenvalue weighted by Gasteiger charge is 2.47. The van der Waals surface area contributed by atoms with Crippen LogP contribution >= 0.6 is 0 Å². The first kappa shape index (κ1) is 17.5. The highest BCUT2D eigenvalue weighted by atomic mass is 32.2. The van der Waals surface area contributed by atoms with E-state index in [9.17, 15) is 26.7 Å². The van der Waals surface area contributed by atoms with Crippen LogP contribution in [0.4, 0.5) is 18.9 Å². The number of alkyl halides is 2. The van der Waals surface area contributed by atoms with E-state index in [4.69, 9.17) is 6.57 Å². The lowest BCUT2D eigenvalue weighted by Crippen LogP contribution is -2.32. The molecule has 0 amide bonds. The lowest BCUT2D eigenvalue weighted by Gasteiger charge is -2.29. The Bertz CT molecular complexity index is 1010. The monoisotopic (exact) mass is 370 g/mol. The fourth-order valence-electron chi connectivity index (χ4n) is 2.98. The van der Waals surface area contributed by atoms with E-state index < -0.39 is 39.0 Å². The third kappa shape index (κ3) is 2.81. The Kier molecular flexibility index (Phi) is 3.93. The number of halogens is 3. The number of hydrogen-bond donors (Lipinski definition) is 1. The Morgan fingerprint density at radius 1 is 1.40 bits per heavy atom. The van der Waals surface area contributed by atoms with Gasteiger partial charge in [-0.3, -0.25) is 0 Å². The summed E-state index contributed by atoms with van der Waals surface area (Å²) in [6, 6.07) is 3.56. The van der Waals surface area contributed by atoms with E-state index in [1.54, 1.807) is 0 Å². The molecule has 25 heavy (non-hydrogen) atoms. The minimum absolute atomic E-state index is 0.167. The topological polar surface area (TPSA) is 63.7 Å². The van der Waals surface area contributed by atoms with E-state index in [1.165, 1.54) is 16.7 Å². The van der Waals surface area contributed by atoms with Gasteiger partial charge in [-0.1, -0.05) is 0 Å². The van der Waals surface area contributed by atoms with Gasteiger partial charge in [-0.25, -0.2) is 26.4 Å². The van der Waals surface area contributed by atoms with Crippen LogP contribution in [0.5, 0.6) is 0 Å². The van der Waals surface area contributed by atoms with Gasteiger partial charge in [0.05, 0.1) is 11.5 Å². The van der Waals surface area contributed by atoms with Gasteiger partial charge in [0, 0.05) is 35.8 Å². The van der Waals surface area contributed by atoms with Crippen molar-refractivity contribution in [1.29, 1.82) is 0 Å². The molecule has 0 aliphatic heterocycles. The first-order valence-electron chi connectivity index (χ1n) is 7.23. The molecule has 1 aromatic heterocycles. The number of benzene rings is 1. The van der Waals surface area contributed by atoms with Crippen LogP contribution in [-0.2, 0) is 16.3 Å². The normalized spacial score (nSPS) is 19.3. The van der Waals surface area contributed by atoms with Crippen molar-refractivity contribution in [3.63, 3.8) is 0 Å². The summed E-state index contributed by atoms with van der Waals surface area (Å²) in [6.45, 7) is 6.96. The van der Waals surface area contributed by atoms with Crippen LogP contribution in [0.15, 0.2) is 29.3 Å². The molecule has 1 heterocycles. The molecule has 0 saturated heterocycles. The number of aliphatic hydroxyl groups is 1. The summed E-state index contributed by atoms with van der Waals surface area (Å²) in [4.78, 5) is 2.64. The van der Waals surface area contributed by atoms with E-state index in [1.807, 2.05) is 0 Å². The lowest BCUT2D eigenvalue weighted by molar-refractivity contribution is -0.123. The maximum atomic E-state index is 13.9. The first-order valence-corrected chi connectivity index (χ1v) is 9.13. The molecule has 0 saturated carbocycles. The highest BCUT2D eigenvalue weighted by Crippen LogP contribution is 2.45. The third-order valence-corrected chi connectivity index (χ3v) is 5.33. The second kappa shape index (κ2) is 5.61. The Hall–Kier alpha value is -2.31. The number of aromatic nitrogens is 1. The minimum atomic E-state index is -3.89. The molecule has 0 unspecified atom stereocenters. The van der Waals surface area contributed by atoms with Crippen LogP contribution in [0.1, 0.15) is 23.8 Å². The zero-order chi connectivity index (χ0) is 18.6. The minimum Gasteiger partial charge on any atom is -0.382 e. The van der Waals surface area contributed by atoms with Crippen molar-refractivity contribution in [2.45, 2.75) is 29.8 Å². The Labute approximate surface area is 142 Å². The Morgan fingerprint density at radius 2 is 2.08 bits per heavy atom. The predicted molar refractivity (Wildman–Crippen MR) is 83.3 cm³/mol. The number of hydrogen-bond acceptors (Lipinski definition) is 3. The lowest BCUT2D eigenvalue weighted by atomic mass is 9.91. The van der Waals surface area contributed by atoms with Crippen molar-refractivity contribution in [3.8, 4) is 5.69 Å². The molecule has 1 aliphatic carbocycles. The molecular formula is C16H13F3N2O3S. The molecule has 0 bridgehead atoms. The van der Waals surface area contributed by atoms with Crippen LogP contribution in [0, 0.1) is 12.4 Å². The van der Waals surface area contributed by atoms with E-state index >= 15 is 0 Å². The van der Waals surface area contributed by atoms with Crippen molar-refractivity contribution in [2.24, 2.45) is 0 Å². The smallest absolute Gasteiger partial charge is 0.278 e. The molecule has 1 N–H and O–H groups in total. The van der Waals surface area contributed by atoms with Crippen molar-refractivity contribution in [2.75, 3.05) is 6.26 Å². The highest BCUT2D eigenvalue weighted by molar-refractivity contribution is 7.90. The molecule has 5 nitrogen and oxygen atoms in total. The van der Waals surface area contributed by atoms with Crippen LogP contribution in [0.25, 0.3) is 10.5 Å². The van der Waals surface area contributed by atoms with Crippen molar-refractivity contribution < 1.29 is 26.7 Å². The van der Waals surface area contributed by atoms with E-state index in [0.29, 0.717) is 0 Å². The fourth-order valence-corrected chi connectivity index (χ4v) is 3.91. The van der Waals surface area contributed by atoms with Crippen LogP contribution in [0.3, 0.4) is 0 Å². The maximum Gasteiger partial charge on any atom is 0.278 e. The van der Waals surface area contributed by atoms with Crippen molar-refractivity contribution in [1.82, 2.24) is 4.57 Å². The average Bonchev–Trinajstić information content (AvgIpc) is 2.92. The molecule has 0 spiro atoms. The van der Waals surface area contributed by atoms with E-state index in [2.05, 4.69) is 4.85 Å². The molecule has 2 aromatic rings. The van der Waals surface area contributed by atoms with Gasteiger partial charge in [0.25, 0.3) is 5.92 Å². The van der Waals surface area contributed by atoms with Gasteiger partial charge >= 0.3 is 0 Å². The second-order valence-electron chi connectivity index (χ2n) is 5.91. The molecule has 1 aliphatic rings. The molecule has 0 fully saturated rings. The molecular weight excluding hydrogens is 357 g/mol.